The highest BCUT2D eigenvalue weighted by molar-refractivity contribution is 7.13. The van der Waals surface area contributed by atoms with Gasteiger partial charge in [0.25, 0.3) is 0 Å². The standard InChI is InChI=1S/C25H20FN7S/c1-2-27-10-14-7-15(12-28-11-14)19-8-17-21(13-30-19)32-33-24(17)20-9-16-18(31-20)5-6-29-25(16)22-3-4-23(26)34-22/h3-9,11-13,27,31H,2,10H2,1H3,(H,32,33). The molecule has 6 rings (SSSR count). The van der Waals surface area contributed by atoms with E-state index in [1.165, 1.54) is 6.07 Å². The smallest absolute Gasteiger partial charge is 0.177 e. The van der Waals surface area contributed by atoms with Crippen LogP contribution in [0.15, 0.2) is 61.2 Å². The molecule has 0 amide bonds. The van der Waals surface area contributed by atoms with E-state index >= 15 is 0 Å². The van der Waals surface area contributed by atoms with E-state index in [0.717, 1.165) is 85.0 Å². The fourth-order valence-corrected chi connectivity index (χ4v) is 4.83. The van der Waals surface area contributed by atoms with Gasteiger partial charge in [-0.05, 0) is 48.5 Å². The molecule has 7 nitrogen and oxygen atoms in total. The number of pyridine rings is 3. The molecular formula is C25H20FN7S. The second kappa shape index (κ2) is 8.44. The Labute approximate surface area is 198 Å². The minimum Gasteiger partial charge on any atom is -0.353 e. The number of thiophene rings is 1. The number of hydrogen-bond acceptors (Lipinski definition) is 6. The van der Waals surface area contributed by atoms with Gasteiger partial charge >= 0.3 is 0 Å². The summed E-state index contributed by atoms with van der Waals surface area (Å²) in [5.41, 5.74) is 7.03. The average molecular weight is 470 g/mol. The maximum atomic E-state index is 13.6. The summed E-state index contributed by atoms with van der Waals surface area (Å²) in [4.78, 5) is 17.7. The molecule has 6 aromatic rings. The molecule has 6 heterocycles. The van der Waals surface area contributed by atoms with E-state index < -0.39 is 0 Å². The molecular weight excluding hydrogens is 449 g/mol. The van der Waals surface area contributed by atoms with Crippen LogP contribution in [0.4, 0.5) is 4.39 Å². The molecule has 0 spiro atoms. The van der Waals surface area contributed by atoms with Gasteiger partial charge in [0.05, 0.1) is 33.7 Å². The zero-order valence-electron chi connectivity index (χ0n) is 18.3. The highest BCUT2D eigenvalue weighted by Gasteiger charge is 2.16. The van der Waals surface area contributed by atoms with E-state index in [9.17, 15) is 4.39 Å². The van der Waals surface area contributed by atoms with E-state index in [0.29, 0.717) is 0 Å². The van der Waals surface area contributed by atoms with Crippen LogP contribution in [-0.2, 0) is 6.54 Å². The Bertz CT molecular complexity index is 1630. The molecule has 0 aliphatic rings. The van der Waals surface area contributed by atoms with Gasteiger partial charge in [0.15, 0.2) is 5.13 Å². The van der Waals surface area contributed by atoms with E-state index in [-0.39, 0.29) is 5.13 Å². The minimum absolute atomic E-state index is 0.230. The van der Waals surface area contributed by atoms with Crippen molar-refractivity contribution in [2.75, 3.05) is 6.54 Å². The first-order valence-electron chi connectivity index (χ1n) is 10.9. The Balaban J connectivity index is 1.44. The van der Waals surface area contributed by atoms with Crippen molar-refractivity contribution in [3.63, 3.8) is 0 Å². The van der Waals surface area contributed by atoms with Crippen LogP contribution in [0.2, 0.25) is 0 Å². The van der Waals surface area contributed by atoms with Crippen LogP contribution < -0.4 is 5.32 Å². The van der Waals surface area contributed by atoms with Crippen molar-refractivity contribution in [2.45, 2.75) is 13.5 Å². The Morgan fingerprint density at radius 3 is 2.74 bits per heavy atom. The zero-order valence-corrected chi connectivity index (χ0v) is 19.1. The molecule has 0 unspecified atom stereocenters. The molecule has 168 valence electrons. The largest absolute Gasteiger partial charge is 0.353 e. The molecule has 9 heteroatoms. The summed E-state index contributed by atoms with van der Waals surface area (Å²) in [6.45, 7) is 3.74. The van der Waals surface area contributed by atoms with Crippen LogP contribution >= 0.6 is 11.3 Å². The van der Waals surface area contributed by atoms with Crippen LogP contribution in [-0.4, -0.2) is 36.7 Å². The van der Waals surface area contributed by atoms with Crippen LogP contribution in [0.3, 0.4) is 0 Å². The second-order valence-electron chi connectivity index (χ2n) is 7.96. The molecule has 0 aliphatic heterocycles. The molecule has 0 saturated heterocycles. The van der Waals surface area contributed by atoms with Gasteiger partial charge in [0.2, 0.25) is 0 Å². The van der Waals surface area contributed by atoms with Crippen LogP contribution in [0.25, 0.3) is 55.0 Å². The molecule has 0 bridgehead atoms. The van der Waals surface area contributed by atoms with Gasteiger partial charge in [0, 0.05) is 47.0 Å². The number of aromatic nitrogens is 6. The molecule has 0 radical (unpaired) electrons. The van der Waals surface area contributed by atoms with Gasteiger partial charge in [-0.1, -0.05) is 6.92 Å². The number of nitrogens with one attached hydrogen (secondary N) is 3. The van der Waals surface area contributed by atoms with Crippen molar-refractivity contribution < 1.29 is 4.39 Å². The zero-order chi connectivity index (χ0) is 23.1. The Hall–Kier alpha value is -3.95. The summed E-state index contributed by atoms with van der Waals surface area (Å²) in [7, 11) is 0. The lowest BCUT2D eigenvalue weighted by Crippen LogP contribution is -2.11. The fourth-order valence-electron chi connectivity index (χ4n) is 4.09. The summed E-state index contributed by atoms with van der Waals surface area (Å²) < 4.78 is 13.6. The molecule has 0 atom stereocenters. The molecule has 3 N–H and O–H groups in total. The third-order valence-corrected chi connectivity index (χ3v) is 6.61. The van der Waals surface area contributed by atoms with Crippen molar-refractivity contribution in [2.24, 2.45) is 0 Å². The summed E-state index contributed by atoms with van der Waals surface area (Å²) in [5, 5.41) is 12.6. The van der Waals surface area contributed by atoms with Gasteiger partial charge in [-0.15, -0.1) is 11.3 Å². The third-order valence-electron chi connectivity index (χ3n) is 5.73. The van der Waals surface area contributed by atoms with Crippen molar-refractivity contribution in [3.05, 3.63) is 71.9 Å². The first kappa shape index (κ1) is 20.6. The maximum Gasteiger partial charge on any atom is 0.177 e. The first-order valence-corrected chi connectivity index (χ1v) is 11.7. The van der Waals surface area contributed by atoms with Gasteiger partial charge in [-0.25, -0.2) is 0 Å². The van der Waals surface area contributed by atoms with Gasteiger partial charge < -0.3 is 10.3 Å². The van der Waals surface area contributed by atoms with Crippen molar-refractivity contribution in [1.29, 1.82) is 0 Å². The van der Waals surface area contributed by atoms with Crippen LogP contribution in [0.5, 0.6) is 0 Å². The quantitative estimate of drug-likeness (QED) is 0.298. The summed E-state index contributed by atoms with van der Waals surface area (Å²) >= 11 is 1.09. The minimum atomic E-state index is -0.230. The predicted octanol–water partition coefficient (Wildman–Crippen LogP) is 5.54. The number of rotatable bonds is 6. The summed E-state index contributed by atoms with van der Waals surface area (Å²) in [6, 6.07) is 11.3. The number of hydrogen-bond donors (Lipinski definition) is 3. The molecule has 6 aromatic heterocycles. The molecule has 0 aliphatic carbocycles. The van der Waals surface area contributed by atoms with Crippen LogP contribution in [0.1, 0.15) is 12.5 Å². The van der Waals surface area contributed by atoms with Crippen molar-refractivity contribution in [1.82, 2.24) is 35.5 Å². The van der Waals surface area contributed by atoms with E-state index in [1.54, 1.807) is 18.5 Å². The van der Waals surface area contributed by atoms with Crippen molar-refractivity contribution >= 4 is 33.1 Å². The lowest BCUT2D eigenvalue weighted by Gasteiger charge is -2.05. The van der Waals surface area contributed by atoms with E-state index in [4.69, 9.17) is 0 Å². The highest BCUT2D eigenvalue weighted by atomic mass is 32.1. The van der Waals surface area contributed by atoms with Gasteiger partial charge in [-0.3, -0.25) is 20.1 Å². The van der Waals surface area contributed by atoms with Gasteiger partial charge in [-0.2, -0.15) is 9.49 Å². The monoisotopic (exact) mass is 469 g/mol. The molecule has 0 aromatic carbocycles. The lowest BCUT2D eigenvalue weighted by molar-refractivity contribution is 0.657. The third kappa shape index (κ3) is 3.64. The van der Waals surface area contributed by atoms with Crippen molar-refractivity contribution in [3.8, 4) is 33.2 Å². The fraction of sp³-hybridized carbons (Fsp3) is 0.120. The normalized spacial score (nSPS) is 11.6. The number of fused-ring (bicyclic) bond motifs is 2. The second-order valence-corrected chi connectivity index (χ2v) is 8.99. The molecule has 0 saturated carbocycles. The lowest BCUT2D eigenvalue weighted by atomic mass is 10.1. The number of H-pyrrole nitrogens is 2. The number of aromatic amines is 2. The van der Waals surface area contributed by atoms with Gasteiger partial charge in [0.1, 0.15) is 5.69 Å². The molecule has 34 heavy (non-hydrogen) atoms. The maximum absolute atomic E-state index is 13.6. The Morgan fingerprint density at radius 2 is 1.88 bits per heavy atom. The number of nitrogens with zero attached hydrogens (tertiary/aromatic N) is 4. The average Bonchev–Trinajstić information content (AvgIpc) is 3.59. The topological polar surface area (TPSA) is 95.2 Å². The highest BCUT2D eigenvalue weighted by Crippen LogP contribution is 2.35. The predicted molar refractivity (Wildman–Crippen MR) is 133 cm³/mol. The molecule has 0 fully saturated rings. The summed E-state index contributed by atoms with van der Waals surface area (Å²) in [5.74, 6) is 0. The number of halogens is 1. The Morgan fingerprint density at radius 1 is 0.971 bits per heavy atom. The van der Waals surface area contributed by atoms with Crippen LogP contribution in [0, 0.1) is 5.13 Å². The summed E-state index contributed by atoms with van der Waals surface area (Å²) in [6.07, 6.45) is 7.21. The van der Waals surface area contributed by atoms with E-state index in [2.05, 4.69) is 48.4 Å². The first-order chi connectivity index (χ1) is 16.7. The van der Waals surface area contributed by atoms with E-state index in [1.807, 2.05) is 30.6 Å². The SMILES string of the molecule is CCNCc1cncc(-c2cc3c(-c4cc5c(-c6ccc(F)s6)nccc5[nH]4)n[nH]c3cn2)c1. The Kier molecular flexibility index (Phi) is 5.12.